The molecule has 3 aromatic rings. The Morgan fingerprint density at radius 2 is 1.77 bits per heavy atom. The van der Waals surface area contributed by atoms with Gasteiger partial charge in [0, 0.05) is 18.8 Å². The van der Waals surface area contributed by atoms with E-state index in [4.69, 9.17) is 0 Å². The highest BCUT2D eigenvalue weighted by molar-refractivity contribution is 7.89. The summed E-state index contributed by atoms with van der Waals surface area (Å²) in [5, 5.41) is 2.73. The molecule has 0 aliphatic carbocycles. The zero-order valence-corrected chi connectivity index (χ0v) is 21.2. The predicted molar refractivity (Wildman–Crippen MR) is 129 cm³/mol. The van der Waals surface area contributed by atoms with Crippen LogP contribution in [0.4, 0.5) is 32.0 Å². The summed E-state index contributed by atoms with van der Waals surface area (Å²) in [5.74, 6) is -2.23. The molecule has 0 unspecified atom stereocenters. The molecule has 3 aromatic carbocycles. The number of hydrogen-bond donors (Lipinski definition) is 1. The van der Waals surface area contributed by atoms with E-state index in [1.165, 1.54) is 16.4 Å². The first kappa shape index (κ1) is 28.4. The number of fused-ring (bicyclic) bond motifs is 1. The van der Waals surface area contributed by atoms with Crippen molar-refractivity contribution >= 4 is 21.6 Å². The Morgan fingerprint density at radius 1 is 1.08 bits per heavy atom. The first-order chi connectivity index (χ1) is 18.3. The van der Waals surface area contributed by atoms with Crippen LogP contribution in [-0.2, 0) is 40.4 Å². The summed E-state index contributed by atoms with van der Waals surface area (Å²) in [4.78, 5) is 12.6. The van der Waals surface area contributed by atoms with Crippen molar-refractivity contribution in [1.82, 2.24) is 4.31 Å². The summed E-state index contributed by atoms with van der Waals surface area (Å²) < 4.78 is 109. The van der Waals surface area contributed by atoms with Crippen LogP contribution in [0, 0.1) is 12.7 Å². The van der Waals surface area contributed by atoms with Crippen molar-refractivity contribution in [3.63, 3.8) is 0 Å². The third-order valence-electron chi connectivity index (χ3n) is 6.23. The highest BCUT2D eigenvalue weighted by Crippen LogP contribution is 2.33. The van der Waals surface area contributed by atoms with Gasteiger partial charge >= 0.3 is 12.8 Å². The molecule has 0 bridgehead atoms. The summed E-state index contributed by atoms with van der Waals surface area (Å²) in [5.41, 5.74) is 1.11. The third kappa shape index (κ3) is 6.36. The van der Waals surface area contributed by atoms with Gasteiger partial charge in [-0.15, -0.1) is 0 Å². The topological polar surface area (TPSA) is 75.7 Å². The van der Waals surface area contributed by atoms with Gasteiger partial charge in [-0.3, -0.25) is 4.79 Å². The number of hydrogen-bond acceptors (Lipinski definition) is 4. The zero-order chi connectivity index (χ0) is 28.5. The summed E-state index contributed by atoms with van der Waals surface area (Å²) in [7, 11) is -3.97. The quantitative estimate of drug-likeness (QED) is 0.370. The number of nitrogens with zero attached hydrogens (tertiary/aromatic N) is 1. The Hall–Kier alpha value is -3.58. The molecule has 13 heteroatoms. The lowest BCUT2D eigenvalue weighted by Crippen LogP contribution is -2.36. The minimum atomic E-state index is -4.85. The van der Waals surface area contributed by atoms with E-state index >= 15 is 0 Å². The van der Waals surface area contributed by atoms with Crippen LogP contribution in [0.3, 0.4) is 0 Å². The van der Waals surface area contributed by atoms with Gasteiger partial charge in [-0.05, 0) is 72.0 Å². The summed E-state index contributed by atoms with van der Waals surface area (Å²) in [6, 6.07) is 10.3. The highest BCUT2D eigenvalue weighted by atomic mass is 32.2. The van der Waals surface area contributed by atoms with Gasteiger partial charge in [0.25, 0.3) is 0 Å². The van der Waals surface area contributed by atoms with E-state index in [0.717, 1.165) is 18.2 Å². The van der Waals surface area contributed by atoms with Crippen molar-refractivity contribution in [2.24, 2.45) is 0 Å². The Kier molecular flexibility index (Phi) is 7.94. The molecule has 0 aromatic heterocycles. The number of amides is 1. The van der Waals surface area contributed by atoms with Gasteiger partial charge in [-0.25, -0.2) is 12.8 Å². The molecule has 4 rings (SSSR count). The molecule has 1 heterocycles. The number of carbonyl (C=O) groups excluding carboxylic acids is 1. The number of aryl methyl sites for hydroxylation is 1. The second kappa shape index (κ2) is 10.9. The first-order valence-corrected chi connectivity index (χ1v) is 13.0. The number of ether oxygens (including phenoxy) is 1. The second-order valence-corrected chi connectivity index (χ2v) is 10.8. The maximum atomic E-state index is 13.9. The number of nitrogens with one attached hydrogen (secondary N) is 1. The normalized spacial score (nSPS) is 14.3. The standard InChI is InChI=1S/C26H22F6N2O4S/c1-15-2-4-17-14-34(39(36,37)19-7-5-18(6-8-19)38-25(28)29)11-10-20(17)24(15)33-23(35)13-16-3-9-21(22(27)12-16)26(30,31)32/h2-9,12,25H,10-11,13-14H2,1H3,(H,33,35). The molecule has 0 saturated heterocycles. The van der Waals surface area contributed by atoms with E-state index in [-0.39, 0.29) is 42.1 Å². The lowest BCUT2D eigenvalue weighted by molar-refractivity contribution is -0.140. The fraction of sp³-hybridized carbons (Fsp3) is 0.269. The number of rotatable bonds is 7. The van der Waals surface area contributed by atoms with Crippen molar-refractivity contribution in [3.05, 3.63) is 88.2 Å². The first-order valence-electron chi connectivity index (χ1n) is 11.6. The minimum Gasteiger partial charge on any atom is -0.435 e. The van der Waals surface area contributed by atoms with Crippen molar-refractivity contribution in [3.8, 4) is 5.75 Å². The van der Waals surface area contributed by atoms with E-state index in [1.54, 1.807) is 19.1 Å². The molecule has 0 spiro atoms. The summed E-state index contributed by atoms with van der Waals surface area (Å²) in [6.07, 6.45) is -4.98. The van der Waals surface area contributed by atoms with E-state index < -0.39 is 40.1 Å². The molecule has 1 N–H and O–H groups in total. The molecule has 6 nitrogen and oxygen atoms in total. The number of alkyl halides is 5. The molecular weight excluding hydrogens is 550 g/mol. The Morgan fingerprint density at radius 3 is 2.38 bits per heavy atom. The van der Waals surface area contributed by atoms with Gasteiger partial charge in [-0.1, -0.05) is 18.2 Å². The van der Waals surface area contributed by atoms with Crippen LogP contribution >= 0.6 is 0 Å². The van der Waals surface area contributed by atoms with E-state index in [0.29, 0.717) is 34.5 Å². The average molecular weight is 573 g/mol. The SMILES string of the molecule is Cc1ccc2c(c1NC(=O)Cc1ccc(C(F)(F)F)c(F)c1)CCN(S(=O)(=O)c1ccc(OC(F)F)cc1)C2. The van der Waals surface area contributed by atoms with Gasteiger partial charge in [0.15, 0.2) is 0 Å². The number of anilines is 1. The fourth-order valence-corrected chi connectivity index (χ4v) is 5.75. The molecular formula is C26H22F6N2O4S. The molecule has 0 radical (unpaired) electrons. The molecule has 1 aliphatic heterocycles. The van der Waals surface area contributed by atoms with Gasteiger partial charge in [0.2, 0.25) is 15.9 Å². The van der Waals surface area contributed by atoms with Gasteiger partial charge < -0.3 is 10.1 Å². The van der Waals surface area contributed by atoms with Crippen LogP contribution in [0.2, 0.25) is 0 Å². The molecule has 1 amide bonds. The zero-order valence-electron chi connectivity index (χ0n) is 20.4. The largest absolute Gasteiger partial charge is 0.435 e. The molecule has 39 heavy (non-hydrogen) atoms. The van der Waals surface area contributed by atoms with Gasteiger partial charge in [0.05, 0.1) is 16.9 Å². The van der Waals surface area contributed by atoms with Crippen LogP contribution in [0.1, 0.15) is 27.8 Å². The van der Waals surface area contributed by atoms with Crippen molar-refractivity contribution < 1.29 is 44.3 Å². The maximum absolute atomic E-state index is 13.9. The van der Waals surface area contributed by atoms with E-state index in [9.17, 15) is 39.6 Å². The average Bonchev–Trinajstić information content (AvgIpc) is 2.84. The number of sulfonamides is 1. The maximum Gasteiger partial charge on any atom is 0.419 e. The molecule has 0 fully saturated rings. The predicted octanol–water partition coefficient (Wildman–Crippen LogP) is 5.68. The van der Waals surface area contributed by atoms with Crippen LogP contribution in [-0.4, -0.2) is 31.8 Å². The highest BCUT2D eigenvalue weighted by Gasteiger charge is 2.34. The van der Waals surface area contributed by atoms with E-state index in [2.05, 4.69) is 10.1 Å². The lowest BCUT2D eigenvalue weighted by Gasteiger charge is -2.30. The lowest BCUT2D eigenvalue weighted by atomic mass is 9.95. The Labute approximate surface area is 220 Å². The Balaban J connectivity index is 1.50. The minimum absolute atomic E-state index is 0.0137. The van der Waals surface area contributed by atoms with E-state index in [1.807, 2.05) is 0 Å². The second-order valence-electron chi connectivity index (χ2n) is 8.87. The van der Waals surface area contributed by atoms with Gasteiger partial charge in [-0.2, -0.15) is 26.3 Å². The van der Waals surface area contributed by atoms with Crippen molar-refractivity contribution in [1.29, 1.82) is 0 Å². The molecule has 0 atom stereocenters. The molecule has 208 valence electrons. The van der Waals surface area contributed by atoms with Crippen molar-refractivity contribution in [2.45, 2.75) is 44.0 Å². The van der Waals surface area contributed by atoms with Crippen LogP contribution in [0.15, 0.2) is 59.5 Å². The number of benzene rings is 3. The monoisotopic (exact) mass is 572 g/mol. The fourth-order valence-electron chi connectivity index (χ4n) is 4.34. The summed E-state index contributed by atoms with van der Waals surface area (Å²) >= 11 is 0. The van der Waals surface area contributed by atoms with Gasteiger partial charge in [0.1, 0.15) is 11.6 Å². The smallest absolute Gasteiger partial charge is 0.419 e. The molecule has 1 aliphatic rings. The summed E-state index contributed by atoms with van der Waals surface area (Å²) in [6.45, 7) is -1.25. The number of halogens is 6. The number of carbonyl (C=O) groups is 1. The third-order valence-corrected chi connectivity index (χ3v) is 8.09. The molecule has 0 saturated carbocycles. The Bertz CT molecular complexity index is 1490. The van der Waals surface area contributed by atoms with Crippen LogP contribution < -0.4 is 10.1 Å². The van der Waals surface area contributed by atoms with Crippen LogP contribution in [0.5, 0.6) is 5.75 Å². The van der Waals surface area contributed by atoms with Crippen molar-refractivity contribution in [2.75, 3.05) is 11.9 Å². The van der Waals surface area contributed by atoms with Crippen LogP contribution in [0.25, 0.3) is 0 Å².